The van der Waals surface area contributed by atoms with Gasteiger partial charge in [0.15, 0.2) is 5.82 Å². The summed E-state index contributed by atoms with van der Waals surface area (Å²) in [6.45, 7) is 0. The molecule has 88 valence electrons. The highest BCUT2D eigenvalue weighted by Gasteiger charge is 2.23. The molecule has 5 heteroatoms. The van der Waals surface area contributed by atoms with Crippen molar-refractivity contribution in [3.63, 3.8) is 0 Å². The lowest BCUT2D eigenvalue weighted by Gasteiger charge is -2.17. The number of aliphatic hydroxyl groups excluding tert-OH is 1. The zero-order valence-corrected chi connectivity index (χ0v) is 10.1. The third-order valence-electron chi connectivity index (χ3n) is 3.39. The minimum absolute atomic E-state index is 0.442. The molecule has 0 bridgehead atoms. The molecule has 0 amide bonds. The molecular formula is C11H17N3OS. The fourth-order valence-electron chi connectivity index (χ4n) is 2.47. The van der Waals surface area contributed by atoms with E-state index in [2.05, 4.69) is 10.1 Å². The van der Waals surface area contributed by atoms with E-state index in [1.165, 1.54) is 17.9 Å². The van der Waals surface area contributed by atoms with E-state index in [9.17, 15) is 5.11 Å². The minimum atomic E-state index is -0.442. The molecule has 16 heavy (non-hydrogen) atoms. The molecule has 1 fully saturated rings. The van der Waals surface area contributed by atoms with Gasteiger partial charge in [0.25, 0.3) is 0 Å². The van der Waals surface area contributed by atoms with E-state index >= 15 is 0 Å². The van der Waals surface area contributed by atoms with Crippen LogP contribution >= 0.6 is 11.8 Å². The summed E-state index contributed by atoms with van der Waals surface area (Å²) in [7, 11) is 0. The maximum absolute atomic E-state index is 9.79. The molecule has 2 aliphatic heterocycles. The van der Waals surface area contributed by atoms with Crippen molar-refractivity contribution in [1.29, 1.82) is 0 Å². The number of aryl methyl sites for hydroxylation is 1. The number of nitrogens with zero attached hydrogens (tertiary/aromatic N) is 3. The van der Waals surface area contributed by atoms with E-state index in [-0.39, 0.29) is 0 Å². The lowest BCUT2D eigenvalue weighted by molar-refractivity contribution is 0.0643. The quantitative estimate of drug-likeness (QED) is 0.847. The molecule has 4 nitrogen and oxygen atoms in total. The average Bonchev–Trinajstić information content (AvgIpc) is 2.88. The molecule has 1 aromatic rings. The Morgan fingerprint density at radius 3 is 3.12 bits per heavy atom. The summed E-state index contributed by atoms with van der Waals surface area (Å²) in [5.74, 6) is 5.17. The van der Waals surface area contributed by atoms with E-state index < -0.39 is 6.23 Å². The van der Waals surface area contributed by atoms with Gasteiger partial charge in [0.05, 0.1) is 0 Å². The molecular weight excluding hydrogens is 222 g/mol. The molecule has 0 radical (unpaired) electrons. The van der Waals surface area contributed by atoms with Gasteiger partial charge in [-0.3, -0.25) is 0 Å². The Kier molecular flexibility index (Phi) is 2.90. The second-order valence-corrected chi connectivity index (χ2v) is 5.85. The zero-order chi connectivity index (χ0) is 11.0. The lowest BCUT2D eigenvalue weighted by Crippen LogP contribution is -2.18. The summed E-state index contributed by atoms with van der Waals surface area (Å²) < 4.78 is 1.72. The van der Waals surface area contributed by atoms with Crippen molar-refractivity contribution in [2.75, 3.05) is 11.5 Å². The van der Waals surface area contributed by atoms with Crippen LogP contribution in [0.3, 0.4) is 0 Å². The largest absolute Gasteiger partial charge is 0.372 e. The third-order valence-corrected chi connectivity index (χ3v) is 4.62. The summed E-state index contributed by atoms with van der Waals surface area (Å²) in [5.41, 5.74) is 0. The normalized spacial score (nSPS) is 29.3. The van der Waals surface area contributed by atoms with Crippen LogP contribution in [0.2, 0.25) is 0 Å². The molecule has 1 saturated heterocycles. The van der Waals surface area contributed by atoms with Gasteiger partial charge in [-0.05, 0) is 36.7 Å². The lowest BCUT2D eigenvalue weighted by atomic mass is 10.1. The fraction of sp³-hybridized carbons (Fsp3) is 0.818. The van der Waals surface area contributed by atoms with Gasteiger partial charge in [0, 0.05) is 12.8 Å². The van der Waals surface area contributed by atoms with Crippen molar-refractivity contribution in [2.45, 2.75) is 38.3 Å². The van der Waals surface area contributed by atoms with Crippen molar-refractivity contribution in [3.8, 4) is 0 Å². The van der Waals surface area contributed by atoms with Crippen LogP contribution in [0.25, 0.3) is 0 Å². The number of rotatable bonds is 2. The maximum Gasteiger partial charge on any atom is 0.151 e. The molecule has 2 unspecified atom stereocenters. The molecule has 0 saturated carbocycles. The highest BCUT2D eigenvalue weighted by molar-refractivity contribution is 7.99. The van der Waals surface area contributed by atoms with Gasteiger partial charge in [-0.2, -0.15) is 16.9 Å². The van der Waals surface area contributed by atoms with Crippen LogP contribution in [0, 0.1) is 5.92 Å². The van der Waals surface area contributed by atoms with Crippen LogP contribution < -0.4 is 0 Å². The van der Waals surface area contributed by atoms with Gasteiger partial charge in [-0.25, -0.2) is 9.67 Å². The Balaban J connectivity index is 1.75. The van der Waals surface area contributed by atoms with Crippen molar-refractivity contribution in [1.82, 2.24) is 14.8 Å². The first-order chi connectivity index (χ1) is 7.83. The number of aliphatic hydroxyl groups is 1. The van der Waals surface area contributed by atoms with E-state index in [4.69, 9.17) is 0 Å². The first-order valence-corrected chi connectivity index (χ1v) is 7.18. The number of hydrogen-bond acceptors (Lipinski definition) is 4. The Morgan fingerprint density at radius 2 is 2.38 bits per heavy atom. The number of hydrogen-bond donors (Lipinski definition) is 1. The summed E-state index contributed by atoms with van der Waals surface area (Å²) in [6.07, 6.45) is 4.64. The van der Waals surface area contributed by atoms with Gasteiger partial charge in [-0.1, -0.05) is 0 Å². The first kappa shape index (κ1) is 10.6. The molecule has 0 aliphatic carbocycles. The molecule has 0 aromatic carbocycles. The number of aromatic nitrogens is 3. The second kappa shape index (κ2) is 4.37. The maximum atomic E-state index is 9.79. The van der Waals surface area contributed by atoms with Crippen LogP contribution in [0.15, 0.2) is 0 Å². The van der Waals surface area contributed by atoms with Gasteiger partial charge in [-0.15, -0.1) is 0 Å². The van der Waals surface area contributed by atoms with E-state index in [0.29, 0.717) is 0 Å². The van der Waals surface area contributed by atoms with Crippen LogP contribution in [0.5, 0.6) is 0 Å². The van der Waals surface area contributed by atoms with E-state index in [1.807, 2.05) is 11.8 Å². The average molecular weight is 239 g/mol. The number of fused-ring (bicyclic) bond motifs is 1. The van der Waals surface area contributed by atoms with Crippen LogP contribution in [0.1, 0.15) is 37.1 Å². The summed E-state index contributed by atoms with van der Waals surface area (Å²) >= 11 is 2.03. The predicted molar refractivity (Wildman–Crippen MR) is 63.4 cm³/mol. The molecule has 2 atom stereocenters. The standard InChI is InChI=1S/C11H17N3OS/c15-11-3-1-2-10-12-9(13-14(10)11)6-8-4-5-16-7-8/h8,11,15H,1-7H2. The molecule has 1 aromatic heterocycles. The van der Waals surface area contributed by atoms with Crippen molar-refractivity contribution in [2.24, 2.45) is 5.92 Å². The van der Waals surface area contributed by atoms with E-state index in [1.54, 1.807) is 4.68 Å². The highest BCUT2D eigenvalue weighted by atomic mass is 32.2. The van der Waals surface area contributed by atoms with Gasteiger partial charge < -0.3 is 5.11 Å². The highest BCUT2D eigenvalue weighted by Crippen LogP contribution is 2.27. The molecule has 3 rings (SSSR count). The monoisotopic (exact) mass is 239 g/mol. The molecule has 1 N–H and O–H groups in total. The SMILES string of the molecule is OC1CCCc2nc(CC3CCSC3)nn21. The zero-order valence-electron chi connectivity index (χ0n) is 9.30. The van der Waals surface area contributed by atoms with Crippen molar-refractivity contribution < 1.29 is 5.11 Å². The van der Waals surface area contributed by atoms with Crippen molar-refractivity contribution >= 4 is 11.8 Å². The smallest absolute Gasteiger partial charge is 0.151 e. The van der Waals surface area contributed by atoms with Crippen LogP contribution in [0.4, 0.5) is 0 Å². The Hall–Kier alpha value is -0.550. The summed E-state index contributed by atoms with van der Waals surface area (Å²) in [4.78, 5) is 4.55. The first-order valence-electron chi connectivity index (χ1n) is 6.03. The second-order valence-electron chi connectivity index (χ2n) is 4.70. The Bertz CT molecular complexity index is 373. The van der Waals surface area contributed by atoms with E-state index in [0.717, 1.165) is 43.3 Å². The number of thioether (sulfide) groups is 1. The Morgan fingerprint density at radius 1 is 1.44 bits per heavy atom. The molecule has 3 heterocycles. The van der Waals surface area contributed by atoms with Crippen LogP contribution in [-0.2, 0) is 12.8 Å². The Labute approximate surface area is 99.4 Å². The summed E-state index contributed by atoms with van der Waals surface area (Å²) in [5, 5.41) is 14.2. The topological polar surface area (TPSA) is 50.9 Å². The molecule has 2 aliphatic rings. The van der Waals surface area contributed by atoms with Gasteiger partial charge in [0.2, 0.25) is 0 Å². The molecule has 0 spiro atoms. The fourth-order valence-corrected chi connectivity index (χ4v) is 3.75. The van der Waals surface area contributed by atoms with Gasteiger partial charge in [0.1, 0.15) is 12.1 Å². The van der Waals surface area contributed by atoms with Crippen molar-refractivity contribution in [3.05, 3.63) is 11.6 Å². The third kappa shape index (κ3) is 1.98. The van der Waals surface area contributed by atoms with Crippen LogP contribution in [-0.4, -0.2) is 31.4 Å². The minimum Gasteiger partial charge on any atom is -0.372 e. The predicted octanol–water partition coefficient (Wildman–Crippen LogP) is 1.40. The van der Waals surface area contributed by atoms with Gasteiger partial charge >= 0.3 is 0 Å². The summed E-state index contributed by atoms with van der Waals surface area (Å²) in [6, 6.07) is 0.